The number of rotatable bonds is 10. The first kappa shape index (κ1) is 17.8. The molecule has 0 bridgehead atoms. The smallest absolute Gasteiger partial charge is 0.236 e. The van der Waals surface area contributed by atoms with Crippen molar-refractivity contribution in [2.45, 2.75) is 57.6 Å². The largest absolute Gasteiger partial charge is 0.379 e. The molecule has 0 spiro atoms. The Balaban J connectivity index is 1.63. The zero-order valence-corrected chi connectivity index (χ0v) is 13.5. The number of amides is 1. The monoisotopic (exact) mass is 325 g/mol. The van der Waals surface area contributed by atoms with Gasteiger partial charge in [0.2, 0.25) is 5.91 Å². The Hall–Kier alpha value is -1.58. The Morgan fingerprint density at radius 3 is 2.83 bits per heavy atom. The van der Waals surface area contributed by atoms with Crippen molar-refractivity contribution in [1.82, 2.24) is 30.6 Å². The van der Waals surface area contributed by atoms with E-state index in [4.69, 9.17) is 5.73 Å². The highest BCUT2D eigenvalue weighted by atomic mass is 16.3. The van der Waals surface area contributed by atoms with E-state index in [9.17, 15) is 9.90 Å². The van der Waals surface area contributed by atoms with Crippen LogP contribution >= 0.6 is 0 Å². The van der Waals surface area contributed by atoms with Gasteiger partial charge < -0.3 is 10.8 Å². The molecule has 1 unspecified atom stereocenters. The van der Waals surface area contributed by atoms with Crippen LogP contribution in [0.2, 0.25) is 0 Å². The van der Waals surface area contributed by atoms with E-state index in [0.717, 1.165) is 57.4 Å². The van der Waals surface area contributed by atoms with Gasteiger partial charge >= 0.3 is 0 Å². The maximum Gasteiger partial charge on any atom is 0.236 e. The number of hydrazine groups is 1. The first-order chi connectivity index (χ1) is 11.2. The van der Waals surface area contributed by atoms with Gasteiger partial charge in [-0.3, -0.25) is 9.80 Å². The van der Waals surface area contributed by atoms with E-state index in [1.807, 2.05) is 10.0 Å². The Kier molecular flexibility index (Phi) is 7.37. The summed E-state index contributed by atoms with van der Waals surface area (Å²) in [6.45, 7) is 2.22. The number of nitrogens with two attached hydrogens (primary N) is 1. The lowest BCUT2D eigenvalue weighted by Crippen LogP contribution is -2.51. The molecule has 0 aliphatic carbocycles. The maximum atomic E-state index is 12.1. The number of aromatic nitrogens is 4. The van der Waals surface area contributed by atoms with Crippen LogP contribution in [0.1, 0.15) is 50.8 Å². The molecule has 1 amide bonds. The van der Waals surface area contributed by atoms with Crippen LogP contribution in [-0.2, 0) is 11.2 Å². The number of hydrogen-bond donors (Lipinski definition) is 3. The molecule has 0 radical (unpaired) electrons. The van der Waals surface area contributed by atoms with Gasteiger partial charge in [-0.25, -0.2) is 10.1 Å². The maximum absolute atomic E-state index is 12.1. The van der Waals surface area contributed by atoms with Crippen LogP contribution in [0.3, 0.4) is 0 Å². The Labute approximate surface area is 136 Å². The number of tetrazole rings is 1. The molecule has 9 nitrogen and oxygen atoms in total. The van der Waals surface area contributed by atoms with Gasteiger partial charge in [-0.2, -0.15) is 0 Å². The van der Waals surface area contributed by atoms with Crippen molar-refractivity contribution < 1.29 is 9.90 Å². The van der Waals surface area contributed by atoms with E-state index in [2.05, 4.69) is 20.6 Å². The standard InChI is InChI=1S/C14H27N7O2/c15-12(22)8-11-20-9-5-7-14(23)21(20)10-4-2-1-3-6-13-16-18-19-17-13/h12,22H,1-11,15H2,(H,16,17,18,19). The van der Waals surface area contributed by atoms with Crippen LogP contribution in [0.5, 0.6) is 0 Å². The Bertz CT molecular complexity index is 452. The van der Waals surface area contributed by atoms with Gasteiger partial charge in [0.25, 0.3) is 0 Å². The van der Waals surface area contributed by atoms with E-state index >= 15 is 0 Å². The number of carbonyl (C=O) groups excluding carboxylic acids is 1. The lowest BCUT2D eigenvalue weighted by atomic mass is 10.1. The van der Waals surface area contributed by atoms with Crippen molar-refractivity contribution in [3.8, 4) is 0 Å². The summed E-state index contributed by atoms with van der Waals surface area (Å²) in [6, 6.07) is 0. The molecule has 1 fully saturated rings. The van der Waals surface area contributed by atoms with Crippen molar-refractivity contribution in [2.24, 2.45) is 5.73 Å². The lowest BCUT2D eigenvalue weighted by molar-refractivity contribution is -0.156. The molecule has 23 heavy (non-hydrogen) atoms. The summed E-state index contributed by atoms with van der Waals surface area (Å²) in [5.74, 6) is 0.998. The number of nitrogens with zero attached hydrogens (tertiary/aromatic N) is 5. The van der Waals surface area contributed by atoms with E-state index in [1.165, 1.54) is 0 Å². The van der Waals surface area contributed by atoms with Crippen LogP contribution in [0.4, 0.5) is 0 Å². The molecule has 1 aliphatic heterocycles. The van der Waals surface area contributed by atoms with E-state index in [-0.39, 0.29) is 5.91 Å². The zero-order valence-electron chi connectivity index (χ0n) is 13.5. The zero-order chi connectivity index (χ0) is 16.5. The van der Waals surface area contributed by atoms with Crippen molar-refractivity contribution in [1.29, 1.82) is 0 Å². The predicted molar refractivity (Wildman–Crippen MR) is 83.7 cm³/mol. The average molecular weight is 325 g/mol. The topological polar surface area (TPSA) is 124 Å². The summed E-state index contributed by atoms with van der Waals surface area (Å²) in [6.07, 6.45) is 6.17. The summed E-state index contributed by atoms with van der Waals surface area (Å²) in [5.41, 5.74) is 5.39. The fourth-order valence-electron chi connectivity index (χ4n) is 2.79. The van der Waals surface area contributed by atoms with E-state index in [0.29, 0.717) is 19.4 Å². The Morgan fingerprint density at radius 1 is 1.26 bits per heavy atom. The third-order valence-electron chi connectivity index (χ3n) is 4.04. The highest BCUT2D eigenvalue weighted by Crippen LogP contribution is 2.15. The highest BCUT2D eigenvalue weighted by Gasteiger charge is 2.25. The third-order valence-corrected chi connectivity index (χ3v) is 4.04. The van der Waals surface area contributed by atoms with E-state index in [1.54, 1.807) is 0 Å². The van der Waals surface area contributed by atoms with Gasteiger partial charge in [-0.05, 0) is 29.7 Å². The summed E-state index contributed by atoms with van der Waals surface area (Å²) in [4.78, 5) is 12.1. The summed E-state index contributed by atoms with van der Waals surface area (Å²) >= 11 is 0. The van der Waals surface area contributed by atoms with Crippen LogP contribution in [0.25, 0.3) is 0 Å². The summed E-state index contributed by atoms with van der Waals surface area (Å²) < 4.78 is 0. The molecule has 0 saturated carbocycles. The fraction of sp³-hybridized carbons (Fsp3) is 0.857. The quantitative estimate of drug-likeness (QED) is 0.402. The number of aliphatic hydroxyl groups excluding tert-OH is 1. The molecule has 130 valence electrons. The molecule has 0 aromatic carbocycles. The van der Waals surface area contributed by atoms with Crippen LogP contribution < -0.4 is 5.73 Å². The second kappa shape index (κ2) is 9.53. The molecule has 1 atom stereocenters. The van der Waals surface area contributed by atoms with Gasteiger partial charge in [0.05, 0.1) is 0 Å². The van der Waals surface area contributed by atoms with Crippen molar-refractivity contribution >= 4 is 5.91 Å². The van der Waals surface area contributed by atoms with Gasteiger partial charge in [-0.1, -0.05) is 12.8 Å². The number of H-pyrrole nitrogens is 1. The molecular formula is C14H27N7O2. The SMILES string of the molecule is NC(O)CCN1CCCC(=O)N1CCCCCCc1nnn[nH]1. The molecule has 1 aliphatic rings. The molecule has 9 heteroatoms. The number of aliphatic hydroxyl groups is 1. The van der Waals surface area contributed by atoms with Crippen LogP contribution in [0, 0.1) is 0 Å². The fourth-order valence-corrected chi connectivity index (χ4v) is 2.79. The van der Waals surface area contributed by atoms with Crippen LogP contribution in [0.15, 0.2) is 0 Å². The summed E-state index contributed by atoms with van der Waals surface area (Å²) in [5, 5.41) is 26.8. The molecular weight excluding hydrogens is 298 g/mol. The molecule has 1 saturated heterocycles. The highest BCUT2D eigenvalue weighted by molar-refractivity contribution is 5.76. The molecule has 2 rings (SSSR count). The third kappa shape index (κ3) is 6.20. The Morgan fingerprint density at radius 2 is 2.09 bits per heavy atom. The van der Waals surface area contributed by atoms with Crippen LogP contribution in [-0.4, -0.2) is 67.5 Å². The second-order valence-corrected chi connectivity index (χ2v) is 5.94. The minimum Gasteiger partial charge on any atom is -0.379 e. The van der Waals surface area contributed by atoms with Crippen molar-refractivity contribution in [3.05, 3.63) is 5.82 Å². The number of hydrogen-bond acceptors (Lipinski definition) is 7. The number of nitrogens with one attached hydrogen (secondary N) is 1. The first-order valence-corrected chi connectivity index (χ1v) is 8.38. The molecule has 2 heterocycles. The second-order valence-electron chi connectivity index (χ2n) is 5.94. The van der Waals surface area contributed by atoms with Gasteiger partial charge in [0, 0.05) is 38.9 Å². The number of aromatic amines is 1. The van der Waals surface area contributed by atoms with Crippen molar-refractivity contribution in [2.75, 3.05) is 19.6 Å². The number of carbonyl (C=O) groups is 1. The van der Waals surface area contributed by atoms with Gasteiger partial charge in [-0.15, -0.1) is 5.10 Å². The predicted octanol–water partition coefficient (Wildman–Crippen LogP) is -0.191. The average Bonchev–Trinajstić information content (AvgIpc) is 3.03. The minimum atomic E-state index is -0.820. The van der Waals surface area contributed by atoms with E-state index < -0.39 is 6.23 Å². The summed E-state index contributed by atoms with van der Waals surface area (Å²) in [7, 11) is 0. The number of aryl methyl sites for hydroxylation is 1. The normalized spacial score (nSPS) is 17.7. The molecule has 1 aromatic heterocycles. The van der Waals surface area contributed by atoms with Crippen molar-refractivity contribution in [3.63, 3.8) is 0 Å². The number of unbranched alkanes of at least 4 members (excludes halogenated alkanes) is 3. The molecule has 1 aromatic rings. The van der Waals surface area contributed by atoms with Gasteiger partial charge in [0.1, 0.15) is 12.1 Å². The lowest BCUT2D eigenvalue weighted by Gasteiger charge is -2.38. The minimum absolute atomic E-state index is 0.176. The first-order valence-electron chi connectivity index (χ1n) is 8.38. The van der Waals surface area contributed by atoms with Gasteiger partial charge in [0.15, 0.2) is 0 Å². The molecule has 4 N–H and O–H groups in total.